The molecule has 0 saturated carbocycles. The Morgan fingerprint density at radius 3 is 2.30 bits per heavy atom. The third-order valence-corrected chi connectivity index (χ3v) is 6.08. The third kappa shape index (κ3) is 4.97. The highest BCUT2D eigenvalue weighted by Gasteiger charge is 2.15. The first-order chi connectivity index (χ1) is 14.4. The summed E-state index contributed by atoms with van der Waals surface area (Å²) < 4.78 is 2.80. The quantitative estimate of drug-likeness (QED) is 0.568. The van der Waals surface area contributed by atoms with Gasteiger partial charge in [-0.25, -0.2) is 4.68 Å². The van der Waals surface area contributed by atoms with Gasteiger partial charge in [0.25, 0.3) is 5.91 Å². The Kier molecular flexibility index (Phi) is 7.05. The summed E-state index contributed by atoms with van der Waals surface area (Å²) >= 11 is 3.52. The summed E-state index contributed by atoms with van der Waals surface area (Å²) in [5, 5.41) is 7.22. The molecule has 2 aromatic carbocycles. The lowest BCUT2D eigenvalue weighted by Crippen LogP contribution is -2.39. The minimum absolute atomic E-state index is 0.0360. The predicted molar refractivity (Wildman–Crippen MR) is 121 cm³/mol. The molecule has 1 N–H and O–H groups in total. The van der Waals surface area contributed by atoms with Crippen molar-refractivity contribution in [3.63, 3.8) is 0 Å². The molecule has 0 fully saturated rings. The fourth-order valence-corrected chi connectivity index (χ4v) is 3.43. The van der Waals surface area contributed by atoms with E-state index in [0.717, 1.165) is 27.1 Å². The molecule has 0 aliphatic carbocycles. The Labute approximate surface area is 185 Å². The molecule has 156 valence electrons. The van der Waals surface area contributed by atoms with Crippen LogP contribution in [0.25, 0.3) is 5.69 Å². The fourth-order valence-electron chi connectivity index (χ4n) is 3.18. The van der Waals surface area contributed by atoms with Gasteiger partial charge in [-0.05, 0) is 66.5 Å². The van der Waals surface area contributed by atoms with Gasteiger partial charge in [0, 0.05) is 18.7 Å². The van der Waals surface area contributed by atoms with Gasteiger partial charge in [0.2, 0.25) is 5.91 Å². The fraction of sp³-hybridized carbons (Fsp3) is 0.261. The molecular weight excluding hydrogens is 444 g/mol. The van der Waals surface area contributed by atoms with E-state index in [9.17, 15) is 9.59 Å². The molecule has 3 aromatic rings. The smallest absolute Gasteiger partial charge is 0.251 e. The number of carbonyl (C=O) groups excluding carboxylic acids is 2. The van der Waals surface area contributed by atoms with Crippen molar-refractivity contribution in [1.29, 1.82) is 0 Å². The molecule has 0 spiro atoms. The first-order valence-corrected chi connectivity index (χ1v) is 10.6. The van der Waals surface area contributed by atoms with Crippen LogP contribution >= 0.6 is 15.9 Å². The van der Waals surface area contributed by atoms with E-state index in [1.807, 2.05) is 67.9 Å². The maximum absolute atomic E-state index is 12.5. The summed E-state index contributed by atoms with van der Waals surface area (Å²) in [6, 6.07) is 17.0. The van der Waals surface area contributed by atoms with Crippen molar-refractivity contribution in [3.05, 3.63) is 81.6 Å². The Balaban J connectivity index is 1.60. The van der Waals surface area contributed by atoms with Crippen LogP contribution in [0.3, 0.4) is 0 Å². The van der Waals surface area contributed by atoms with Gasteiger partial charge in [-0.15, -0.1) is 0 Å². The predicted octanol–water partition coefficient (Wildman–Crippen LogP) is 4.03. The number of amides is 2. The summed E-state index contributed by atoms with van der Waals surface area (Å²) in [4.78, 5) is 26.7. The lowest BCUT2D eigenvalue weighted by Gasteiger charge is -2.21. The van der Waals surface area contributed by atoms with Gasteiger partial charge < -0.3 is 10.2 Å². The second kappa shape index (κ2) is 9.71. The maximum atomic E-state index is 12.5. The highest BCUT2D eigenvalue weighted by molar-refractivity contribution is 9.10. The summed E-state index contributed by atoms with van der Waals surface area (Å²) in [5.41, 5.74) is 4.33. The van der Waals surface area contributed by atoms with Gasteiger partial charge in [-0.1, -0.05) is 30.3 Å². The van der Waals surface area contributed by atoms with Crippen LogP contribution in [-0.2, 0) is 11.3 Å². The molecule has 3 rings (SSSR count). The van der Waals surface area contributed by atoms with Crippen LogP contribution in [0.4, 0.5) is 0 Å². The minimum Gasteiger partial charge on any atom is -0.343 e. The van der Waals surface area contributed by atoms with Crippen LogP contribution in [0.5, 0.6) is 0 Å². The number of aryl methyl sites for hydroxylation is 1. The number of nitrogens with one attached hydrogen (secondary N) is 1. The number of likely N-dealkylation sites (N-methyl/N-ethyl adjacent to an activating group) is 1. The van der Waals surface area contributed by atoms with Gasteiger partial charge in [-0.3, -0.25) is 9.59 Å². The van der Waals surface area contributed by atoms with Gasteiger partial charge >= 0.3 is 0 Å². The summed E-state index contributed by atoms with van der Waals surface area (Å²) in [6.07, 6.45) is 0. The van der Waals surface area contributed by atoms with Crippen LogP contribution in [0.2, 0.25) is 0 Å². The summed E-state index contributed by atoms with van der Waals surface area (Å²) in [6.45, 7) is 6.91. The SMILES string of the molecule is CCN(Cc1ccccc1)C(=O)CNC(=O)c1ccc(-n2nc(C)c(Br)c2C)cc1. The number of nitrogens with zero attached hydrogens (tertiary/aromatic N) is 3. The Morgan fingerprint density at radius 1 is 1.07 bits per heavy atom. The molecule has 0 unspecified atom stereocenters. The molecule has 2 amide bonds. The molecule has 6 nitrogen and oxygen atoms in total. The van der Waals surface area contributed by atoms with E-state index in [2.05, 4.69) is 26.3 Å². The van der Waals surface area contributed by atoms with Gasteiger partial charge in [0.05, 0.1) is 28.1 Å². The number of aromatic nitrogens is 2. The topological polar surface area (TPSA) is 67.2 Å². The third-order valence-electron chi connectivity index (χ3n) is 4.93. The van der Waals surface area contributed by atoms with E-state index in [0.29, 0.717) is 18.7 Å². The Morgan fingerprint density at radius 2 is 1.73 bits per heavy atom. The molecular formula is C23H25BrN4O2. The molecule has 1 aromatic heterocycles. The molecule has 30 heavy (non-hydrogen) atoms. The highest BCUT2D eigenvalue weighted by atomic mass is 79.9. The second-order valence-electron chi connectivity index (χ2n) is 7.02. The first kappa shape index (κ1) is 21.8. The van der Waals surface area contributed by atoms with Crippen molar-refractivity contribution >= 4 is 27.7 Å². The number of benzene rings is 2. The lowest BCUT2D eigenvalue weighted by atomic mass is 10.2. The molecule has 1 heterocycles. The van der Waals surface area contributed by atoms with Crippen molar-refractivity contribution in [3.8, 4) is 5.69 Å². The largest absolute Gasteiger partial charge is 0.343 e. The van der Waals surface area contributed by atoms with Crippen LogP contribution in [0.1, 0.15) is 34.2 Å². The van der Waals surface area contributed by atoms with Gasteiger partial charge in [-0.2, -0.15) is 5.10 Å². The van der Waals surface area contributed by atoms with Crippen molar-refractivity contribution < 1.29 is 9.59 Å². The molecule has 0 aliphatic heterocycles. The molecule has 0 atom stereocenters. The lowest BCUT2D eigenvalue weighted by molar-refractivity contribution is -0.130. The molecule has 7 heteroatoms. The van der Waals surface area contributed by atoms with E-state index >= 15 is 0 Å². The summed E-state index contributed by atoms with van der Waals surface area (Å²) in [7, 11) is 0. The van der Waals surface area contributed by atoms with E-state index in [1.165, 1.54) is 0 Å². The Hall–Kier alpha value is -2.93. The Bertz CT molecular complexity index is 1030. The number of carbonyl (C=O) groups is 2. The zero-order valence-electron chi connectivity index (χ0n) is 17.4. The van der Waals surface area contributed by atoms with E-state index < -0.39 is 0 Å². The van der Waals surface area contributed by atoms with E-state index in [1.54, 1.807) is 17.0 Å². The van der Waals surface area contributed by atoms with E-state index in [4.69, 9.17) is 0 Å². The van der Waals surface area contributed by atoms with Crippen LogP contribution in [-0.4, -0.2) is 39.6 Å². The molecule has 0 aliphatic rings. The zero-order chi connectivity index (χ0) is 21.7. The molecule has 0 radical (unpaired) electrons. The number of rotatable bonds is 7. The average Bonchev–Trinajstić information content (AvgIpc) is 3.03. The van der Waals surface area contributed by atoms with Gasteiger partial charge in [0.15, 0.2) is 0 Å². The van der Waals surface area contributed by atoms with E-state index in [-0.39, 0.29) is 18.4 Å². The average molecular weight is 469 g/mol. The van der Waals surface area contributed by atoms with Crippen LogP contribution < -0.4 is 5.32 Å². The van der Waals surface area contributed by atoms with Crippen molar-refractivity contribution in [2.75, 3.05) is 13.1 Å². The van der Waals surface area contributed by atoms with Crippen molar-refractivity contribution in [1.82, 2.24) is 20.0 Å². The van der Waals surface area contributed by atoms with Gasteiger partial charge in [0.1, 0.15) is 0 Å². The molecule has 0 bridgehead atoms. The van der Waals surface area contributed by atoms with Crippen LogP contribution in [0.15, 0.2) is 59.1 Å². The first-order valence-electron chi connectivity index (χ1n) is 9.82. The minimum atomic E-state index is -0.278. The second-order valence-corrected chi connectivity index (χ2v) is 7.81. The van der Waals surface area contributed by atoms with Crippen molar-refractivity contribution in [2.45, 2.75) is 27.3 Å². The standard InChI is InChI=1S/C23H25BrN4O2/c1-4-27(15-18-8-6-5-7-9-18)21(29)14-25-23(30)19-10-12-20(13-11-19)28-17(3)22(24)16(2)26-28/h5-13H,4,14-15H2,1-3H3,(H,25,30). The normalized spacial score (nSPS) is 10.7. The zero-order valence-corrected chi connectivity index (χ0v) is 18.9. The summed E-state index contributed by atoms with van der Waals surface area (Å²) in [5.74, 6) is -0.390. The number of hydrogen-bond acceptors (Lipinski definition) is 3. The number of halogens is 1. The monoisotopic (exact) mass is 468 g/mol. The number of hydrogen-bond donors (Lipinski definition) is 1. The van der Waals surface area contributed by atoms with Crippen molar-refractivity contribution in [2.24, 2.45) is 0 Å². The highest BCUT2D eigenvalue weighted by Crippen LogP contribution is 2.23. The molecule has 0 saturated heterocycles. The maximum Gasteiger partial charge on any atom is 0.251 e. The van der Waals surface area contributed by atoms with Crippen LogP contribution in [0, 0.1) is 13.8 Å².